The first kappa shape index (κ1) is 17.8. The molecule has 0 aromatic heterocycles. The van der Waals surface area contributed by atoms with Gasteiger partial charge in [-0.05, 0) is 80.0 Å². The fourth-order valence-corrected chi connectivity index (χ4v) is 6.43. The molecule has 2 fully saturated rings. The number of ether oxygens (including phenoxy) is 2. The van der Waals surface area contributed by atoms with Gasteiger partial charge in [0.2, 0.25) is 0 Å². The Labute approximate surface area is 155 Å². The van der Waals surface area contributed by atoms with Crippen molar-refractivity contribution in [1.82, 2.24) is 0 Å². The minimum atomic E-state index is -0.944. The lowest BCUT2D eigenvalue weighted by molar-refractivity contribution is -0.170. The topological polar surface area (TPSA) is 55.8 Å². The van der Waals surface area contributed by atoms with E-state index in [0.717, 1.165) is 31.4 Å². The van der Waals surface area contributed by atoms with Crippen LogP contribution in [0.15, 0.2) is 18.2 Å². The van der Waals surface area contributed by atoms with E-state index in [1.54, 1.807) is 7.11 Å². The van der Waals surface area contributed by atoms with Gasteiger partial charge in [-0.25, -0.2) is 0 Å². The van der Waals surface area contributed by atoms with Crippen LogP contribution in [0.25, 0.3) is 0 Å². The largest absolute Gasteiger partial charge is 0.497 e. The first-order valence-corrected chi connectivity index (χ1v) is 9.82. The third-order valence-electron chi connectivity index (χ3n) is 7.45. The van der Waals surface area contributed by atoms with Gasteiger partial charge in [-0.2, -0.15) is 0 Å². The highest BCUT2D eigenvalue weighted by Gasteiger charge is 2.63. The Kier molecular flexibility index (Phi) is 4.11. The van der Waals surface area contributed by atoms with Crippen molar-refractivity contribution in [1.29, 1.82) is 0 Å². The van der Waals surface area contributed by atoms with Crippen LogP contribution in [0.1, 0.15) is 63.5 Å². The molecule has 0 heterocycles. The number of aryl methyl sites for hydroxylation is 1. The van der Waals surface area contributed by atoms with Crippen LogP contribution >= 0.6 is 0 Å². The SMILES string of the molecule is COc1ccc2c(c1)CC[C@H]1[C@@H]2CC[C@@]2(C)[C@H]1C[C@@](C)(O)[C@H]2OC(C)=O. The lowest BCUT2D eigenvalue weighted by Gasteiger charge is -2.50. The van der Waals surface area contributed by atoms with E-state index in [1.807, 2.05) is 6.92 Å². The van der Waals surface area contributed by atoms with Crippen LogP contribution in [-0.4, -0.2) is 29.9 Å². The second-order valence-corrected chi connectivity index (χ2v) is 9.08. The molecule has 0 saturated heterocycles. The number of hydrogen-bond donors (Lipinski definition) is 1. The van der Waals surface area contributed by atoms with Crippen LogP contribution in [0.2, 0.25) is 0 Å². The van der Waals surface area contributed by atoms with E-state index in [4.69, 9.17) is 9.47 Å². The van der Waals surface area contributed by atoms with Crippen LogP contribution in [0, 0.1) is 17.3 Å². The van der Waals surface area contributed by atoms with Gasteiger partial charge in [0.05, 0.1) is 12.7 Å². The molecule has 0 bridgehead atoms. The van der Waals surface area contributed by atoms with Crippen molar-refractivity contribution in [2.75, 3.05) is 7.11 Å². The van der Waals surface area contributed by atoms with E-state index < -0.39 is 11.7 Å². The highest BCUT2D eigenvalue weighted by Crippen LogP contribution is 2.63. The lowest BCUT2D eigenvalue weighted by atomic mass is 9.55. The molecule has 3 aliphatic carbocycles. The molecule has 0 radical (unpaired) electrons. The molecule has 1 aromatic rings. The third kappa shape index (κ3) is 2.57. The molecule has 2 saturated carbocycles. The normalized spacial score (nSPS) is 41.0. The molecule has 0 spiro atoms. The van der Waals surface area contributed by atoms with Gasteiger partial charge in [-0.15, -0.1) is 0 Å². The molecule has 4 nitrogen and oxygen atoms in total. The molecule has 1 aromatic carbocycles. The number of methoxy groups -OCH3 is 1. The van der Waals surface area contributed by atoms with Crippen molar-refractivity contribution in [3.8, 4) is 5.75 Å². The Bertz CT molecular complexity index is 725. The molecule has 142 valence electrons. The number of esters is 1. The Balaban J connectivity index is 1.67. The standard InChI is InChI=1S/C22H30O4/c1-13(23)26-20-21(2)10-9-17-16-8-6-15(25-4)11-14(16)5-7-18(17)19(21)12-22(20,3)24/h6,8,11,17-20,24H,5,7,9-10,12H2,1-4H3/t17-,18+,19+,20+,21+,22-/m1/s1. The van der Waals surface area contributed by atoms with E-state index >= 15 is 0 Å². The summed E-state index contributed by atoms with van der Waals surface area (Å²) in [6.07, 6.45) is 4.57. The van der Waals surface area contributed by atoms with Crippen molar-refractivity contribution < 1.29 is 19.4 Å². The Morgan fingerprint density at radius 3 is 2.73 bits per heavy atom. The highest BCUT2D eigenvalue weighted by atomic mass is 16.6. The summed E-state index contributed by atoms with van der Waals surface area (Å²) in [5.41, 5.74) is 1.79. The molecule has 3 aliphatic rings. The molecule has 26 heavy (non-hydrogen) atoms. The monoisotopic (exact) mass is 358 g/mol. The fraction of sp³-hybridized carbons (Fsp3) is 0.682. The second-order valence-electron chi connectivity index (χ2n) is 9.08. The Hall–Kier alpha value is -1.55. The van der Waals surface area contributed by atoms with Crippen LogP contribution in [-0.2, 0) is 16.0 Å². The van der Waals surface area contributed by atoms with Crippen molar-refractivity contribution in [3.63, 3.8) is 0 Å². The minimum Gasteiger partial charge on any atom is -0.497 e. The summed E-state index contributed by atoms with van der Waals surface area (Å²) in [7, 11) is 1.72. The summed E-state index contributed by atoms with van der Waals surface area (Å²) in [5, 5.41) is 11.1. The van der Waals surface area contributed by atoms with Crippen molar-refractivity contribution >= 4 is 5.97 Å². The van der Waals surface area contributed by atoms with Gasteiger partial charge in [0.1, 0.15) is 11.9 Å². The van der Waals surface area contributed by atoms with E-state index in [-0.39, 0.29) is 11.4 Å². The summed E-state index contributed by atoms with van der Waals surface area (Å²) >= 11 is 0. The number of hydrogen-bond acceptors (Lipinski definition) is 4. The zero-order chi connectivity index (χ0) is 18.7. The highest BCUT2D eigenvalue weighted by molar-refractivity contribution is 5.66. The van der Waals surface area contributed by atoms with E-state index in [2.05, 4.69) is 25.1 Å². The zero-order valence-corrected chi connectivity index (χ0v) is 16.2. The number of aliphatic hydroxyl groups is 1. The van der Waals surface area contributed by atoms with Gasteiger partial charge in [0.15, 0.2) is 0 Å². The van der Waals surface area contributed by atoms with E-state index in [9.17, 15) is 9.90 Å². The lowest BCUT2D eigenvalue weighted by Crippen LogP contribution is -2.48. The van der Waals surface area contributed by atoms with Gasteiger partial charge < -0.3 is 14.6 Å². The van der Waals surface area contributed by atoms with Crippen LogP contribution in [0.5, 0.6) is 5.75 Å². The zero-order valence-electron chi connectivity index (χ0n) is 16.2. The Morgan fingerprint density at radius 2 is 2.04 bits per heavy atom. The summed E-state index contributed by atoms with van der Waals surface area (Å²) in [6.45, 7) is 5.52. The summed E-state index contributed by atoms with van der Waals surface area (Å²) in [5.74, 6) is 2.11. The molecular formula is C22H30O4. The maximum atomic E-state index is 11.7. The number of benzene rings is 1. The van der Waals surface area contributed by atoms with E-state index in [0.29, 0.717) is 24.2 Å². The number of carbonyl (C=O) groups is 1. The molecule has 6 atom stereocenters. The fourth-order valence-electron chi connectivity index (χ4n) is 6.43. The van der Waals surface area contributed by atoms with E-state index in [1.165, 1.54) is 18.1 Å². The predicted molar refractivity (Wildman–Crippen MR) is 99.2 cm³/mol. The molecule has 1 N–H and O–H groups in total. The first-order chi connectivity index (χ1) is 12.3. The molecule has 0 amide bonds. The average molecular weight is 358 g/mol. The van der Waals surface area contributed by atoms with Crippen LogP contribution in [0.3, 0.4) is 0 Å². The Morgan fingerprint density at radius 1 is 1.27 bits per heavy atom. The summed E-state index contributed by atoms with van der Waals surface area (Å²) < 4.78 is 11.1. The van der Waals surface area contributed by atoms with Gasteiger partial charge >= 0.3 is 5.97 Å². The maximum absolute atomic E-state index is 11.7. The number of fused-ring (bicyclic) bond motifs is 5. The van der Waals surface area contributed by atoms with Crippen LogP contribution in [0.4, 0.5) is 0 Å². The summed E-state index contributed by atoms with van der Waals surface area (Å²) in [4.78, 5) is 11.7. The van der Waals surface area contributed by atoms with Gasteiger partial charge in [0.25, 0.3) is 0 Å². The third-order valence-corrected chi connectivity index (χ3v) is 7.45. The van der Waals surface area contributed by atoms with Gasteiger partial charge in [-0.3, -0.25) is 4.79 Å². The predicted octanol–water partition coefficient (Wildman–Crippen LogP) is 3.84. The van der Waals surface area contributed by atoms with Gasteiger partial charge in [0, 0.05) is 12.3 Å². The molecule has 0 unspecified atom stereocenters. The summed E-state index contributed by atoms with van der Waals surface area (Å²) in [6, 6.07) is 6.50. The van der Waals surface area contributed by atoms with Crippen molar-refractivity contribution in [2.24, 2.45) is 17.3 Å². The van der Waals surface area contributed by atoms with Crippen molar-refractivity contribution in [2.45, 2.75) is 70.5 Å². The average Bonchev–Trinajstić information content (AvgIpc) is 2.80. The van der Waals surface area contributed by atoms with Crippen LogP contribution < -0.4 is 4.74 Å². The first-order valence-electron chi connectivity index (χ1n) is 9.82. The van der Waals surface area contributed by atoms with Crippen molar-refractivity contribution in [3.05, 3.63) is 29.3 Å². The smallest absolute Gasteiger partial charge is 0.303 e. The number of carbonyl (C=O) groups excluding carboxylic acids is 1. The molecule has 4 heteroatoms. The number of rotatable bonds is 2. The molecule has 0 aliphatic heterocycles. The maximum Gasteiger partial charge on any atom is 0.303 e. The molecular weight excluding hydrogens is 328 g/mol. The molecule has 4 rings (SSSR count). The van der Waals surface area contributed by atoms with Gasteiger partial charge in [-0.1, -0.05) is 13.0 Å². The second kappa shape index (κ2) is 5.98. The quantitative estimate of drug-likeness (QED) is 0.816. The minimum absolute atomic E-state index is 0.139.